The molecule has 2 aromatic carbocycles. The van der Waals surface area contributed by atoms with Crippen molar-refractivity contribution >= 4 is 21.4 Å². The molecule has 4 rings (SSSR count). The minimum Gasteiger partial charge on any atom is -0.403 e. The molecule has 0 saturated carbocycles. The van der Waals surface area contributed by atoms with Crippen LogP contribution in [0.15, 0.2) is 83.0 Å². The van der Waals surface area contributed by atoms with Gasteiger partial charge in [0.25, 0.3) is 5.91 Å². The summed E-state index contributed by atoms with van der Waals surface area (Å²) in [4.78, 5) is 15.8. The van der Waals surface area contributed by atoms with Crippen LogP contribution in [0, 0.1) is 5.82 Å². The summed E-state index contributed by atoms with van der Waals surface area (Å²) in [5.74, 6) is -2.94. The van der Waals surface area contributed by atoms with Crippen molar-refractivity contribution in [1.82, 2.24) is 14.7 Å². The van der Waals surface area contributed by atoms with Crippen molar-refractivity contribution in [2.24, 2.45) is 0 Å². The van der Waals surface area contributed by atoms with Gasteiger partial charge < -0.3 is 14.5 Å². The fourth-order valence-electron chi connectivity index (χ4n) is 3.12. The Morgan fingerprint density at radius 3 is 2.41 bits per heavy atom. The molecule has 176 valence electrons. The highest BCUT2D eigenvalue weighted by atomic mass is 32.2. The summed E-state index contributed by atoms with van der Waals surface area (Å²) in [6.45, 7) is 0.110. The van der Waals surface area contributed by atoms with E-state index in [4.69, 9.17) is 0 Å². The van der Waals surface area contributed by atoms with Crippen LogP contribution in [0.3, 0.4) is 0 Å². The van der Waals surface area contributed by atoms with Gasteiger partial charge in [0.15, 0.2) is 11.6 Å². The molecule has 2 aromatic heterocycles. The second kappa shape index (κ2) is 8.78. The number of amides is 1. The molecule has 0 fully saturated rings. The number of nitrogens with one attached hydrogen (secondary N) is 1. The van der Waals surface area contributed by atoms with Gasteiger partial charge in [-0.15, -0.1) is 13.2 Å². The van der Waals surface area contributed by atoms with Crippen molar-refractivity contribution < 1.29 is 35.5 Å². The number of rotatable bonds is 6. The lowest BCUT2D eigenvalue weighted by Crippen LogP contribution is -2.23. The Morgan fingerprint density at radius 2 is 1.74 bits per heavy atom. The third-order valence-corrected chi connectivity index (χ3v) is 6.54. The van der Waals surface area contributed by atoms with E-state index in [0.717, 1.165) is 6.07 Å². The Hall–Kier alpha value is -3.93. The molecule has 1 N–H and O–H groups in total. The van der Waals surface area contributed by atoms with Crippen molar-refractivity contribution in [1.29, 1.82) is 0 Å². The summed E-state index contributed by atoms with van der Waals surface area (Å²) in [5, 5.41) is 2.72. The monoisotopic (exact) mass is 493 g/mol. The van der Waals surface area contributed by atoms with Gasteiger partial charge in [-0.1, -0.05) is 12.1 Å². The molecule has 0 aliphatic heterocycles. The maximum Gasteiger partial charge on any atom is 0.573 e. The number of sulfone groups is 1. The Labute approximate surface area is 190 Å². The first-order valence-electron chi connectivity index (χ1n) is 9.63. The van der Waals surface area contributed by atoms with Crippen molar-refractivity contribution in [2.75, 3.05) is 0 Å². The summed E-state index contributed by atoms with van der Waals surface area (Å²) >= 11 is 0. The van der Waals surface area contributed by atoms with Crippen molar-refractivity contribution in [3.05, 3.63) is 90.1 Å². The summed E-state index contributed by atoms with van der Waals surface area (Å²) in [6, 6.07) is 10.6. The van der Waals surface area contributed by atoms with E-state index in [2.05, 4.69) is 15.0 Å². The van der Waals surface area contributed by atoms with Gasteiger partial charge >= 0.3 is 6.36 Å². The van der Waals surface area contributed by atoms with Gasteiger partial charge in [0.2, 0.25) is 9.84 Å². The Kier molecular flexibility index (Phi) is 6.00. The normalized spacial score (nSPS) is 12.0. The number of benzene rings is 2. The Bertz CT molecular complexity index is 1470. The van der Waals surface area contributed by atoms with Crippen LogP contribution in [0.4, 0.5) is 17.6 Å². The zero-order valence-corrected chi connectivity index (χ0v) is 17.9. The van der Waals surface area contributed by atoms with Crippen LogP contribution in [0.2, 0.25) is 0 Å². The highest BCUT2D eigenvalue weighted by Crippen LogP contribution is 2.29. The molecule has 0 aliphatic rings. The molecular formula is C22H15F4N3O4S. The highest BCUT2D eigenvalue weighted by molar-refractivity contribution is 7.91. The van der Waals surface area contributed by atoms with Crippen molar-refractivity contribution in [3.63, 3.8) is 0 Å². The van der Waals surface area contributed by atoms with Crippen molar-refractivity contribution in [3.8, 4) is 5.75 Å². The number of halogens is 4. The molecule has 12 heteroatoms. The van der Waals surface area contributed by atoms with Gasteiger partial charge in [-0.25, -0.2) is 17.8 Å². The molecule has 7 nitrogen and oxygen atoms in total. The molecule has 4 aromatic rings. The molecule has 34 heavy (non-hydrogen) atoms. The number of carbonyl (C=O) groups is 1. The van der Waals surface area contributed by atoms with E-state index in [1.54, 1.807) is 35.1 Å². The standard InChI is InChI=1S/C22H15F4N3O4S/c23-18-11-17(6-7-19(18)33-22(24,25)26)34(31,32)16-4-1-14(2-5-16)12-28-21(30)15-3-8-20-27-9-10-29(20)13-15/h1-11,13H,12H2,(H,28,30). The number of pyridine rings is 1. The number of fused-ring (bicyclic) bond motifs is 1. The van der Waals surface area contributed by atoms with Crippen LogP contribution >= 0.6 is 0 Å². The number of carbonyl (C=O) groups excluding carboxylic acids is 1. The largest absolute Gasteiger partial charge is 0.573 e. The maximum absolute atomic E-state index is 13.9. The topological polar surface area (TPSA) is 89.8 Å². The van der Waals surface area contributed by atoms with E-state index in [1.807, 2.05) is 0 Å². The van der Waals surface area contributed by atoms with E-state index in [1.165, 1.54) is 24.3 Å². The summed E-state index contributed by atoms with van der Waals surface area (Å²) in [5.41, 5.74) is 1.69. The maximum atomic E-state index is 13.9. The number of hydrogen-bond donors (Lipinski definition) is 1. The quantitative estimate of drug-likeness (QED) is 0.408. The van der Waals surface area contributed by atoms with Crippen LogP contribution < -0.4 is 10.1 Å². The summed E-state index contributed by atoms with van der Waals surface area (Å²) < 4.78 is 81.4. The molecule has 0 unspecified atom stereocenters. The van der Waals surface area contributed by atoms with Gasteiger partial charge in [-0.3, -0.25) is 4.79 Å². The van der Waals surface area contributed by atoms with Gasteiger partial charge in [-0.2, -0.15) is 0 Å². The molecule has 1 amide bonds. The van der Waals surface area contributed by atoms with Gasteiger partial charge in [0, 0.05) is 25.1 Å². The van der Waals surface area contributed by atoms with E-state index in [0.29, 0.717) is 28.9 Å². The zero-order chi connectivity index (χ0) is 24.5. The van der Waals surface area contributed by atoms with E-state index in [9.17, 15) is 30.8 Å². The second-order valence-corrected chi connectivity index (χ2v) is 9.03. The Balaban J connectivity index is 1.45. The molecule has 0 atom stereocenters. The van der Waals surface area contributed by atoms with E-state index >= 15 is 0 Å². The number of imidazole rings is 1. The molecular weight excluding hydrogens is 478 g/mol. The average molecular weight is 493 g/mol. The van der Waals surface area contributed by atoms with Crippen LogP contribution in [0.1, 0.15) is 15.9 Å². The fraction of sp³-hybridized carbons (Fsp3) is 0.0909. The number of aromatic nitrogens is 2. The third-order valence-electron chi connectivity index (χ3n) is 4.78. The SMILES string of the molecule is O=C(NCc1ccc(S(=O)(=O)c2ccc(OC(F)(F)F)c(F)c2)cc1)c1ccc2nccn2c1. The van der Waals surface area contributed by atoms with Crippen LogP contribution in [0.5, 0.6) is 5.75 Å². The predicted octanol–water partition coefficient (Wildman–Crippen LogP) is 4.13. The molecule has 0 bridgehead atoms. The average Bonchev–Trinajstić information content (AvgIpc) is 3.26. The first-order valence-corrected chi connectivity index (χ1v) is 11.1. The van der Waals surface area contributed by atoms with Crippen molar-refractivity contribution in [2.45, 2.75) is 22.7 Å². The second-order valence-electron chi connectivity index (χ2n) is 7.08. The molecule has 0 radical (unpaired) electrons. The third kappa shape index (κ3) is 5.01. The van der Waals surface area contributed by atoms with E-state index in [-0.39, 0.29) is 17.3 Å². The molecule has 0 aliphatic carbocycles. The first-order chi connectivity index (χ1) is 16.0. The molecule has 0 spiro atoms. The van der Waals surface area contributed by atoms with Gasteiger partial charge in [-0.05, 0) is 48.0 Å². The minimum absolute atomic E-state index is 0.110. The number of nitrogens with zero attached hydrogens (tertiary/aromatic N) is 2. The lowest BCUT2D eigenvalue weighted by Gasteiger charge is -2.11. The summed E-state index contributed by atoms with van der Waals surface area (Å²) in [6.07, 6.45) is -0.185. The number of alkyl halides is 3. The van der Waals surface area contributed by atoms with Gasteiger partial charge in [0.05, 0.1) is 15.4 Å². The van der Waals surface area contributed by atoms with Crippen LogP contribution in [-0.2, 0) is 16.4 Å². The number of ether oxygens (including phenoxy) is 1. The van der Waals surface area contributed by atoms with E-state index < -0.39 is 32.7 Å². The minimum atomic E-state index is -5.11. The smallest absolute Gasteiger partial charge is 0.403 e. The van der Waals surface area contributed by atoms with Gasteiger partial charge in [0.1, 0.15) is 5.65 Å². The predicted molar refractivity (Wildman–Crippen MR) is 111 cm³/mol. The highest BCUT2D eigenvalue weighted by Gasteiger charge is 2.33. The molecule has 0 saturated heterocycles. The lowest BCUT2D eigenvalue weighted by molar-refractivity contribution is -0.275. The number of hydrogen-bond acceptors (Lipinski definition) is 5. The van der Waals surface area contributed by atoms with Crippen LogP contribution in [0.25, 0.3) is 5.65 Å². The first kappa shape index (κ1) is 23.2. The summed E-state index contributed by atoms with van der Waals surface area (Å²) in [7, 11) is -4.20. The lowest BCUT2D eigenvalue weighted by atomic mass is 10.2. The molecule has 2 heterocycles. The fourth-order valence-corrected chi connectivity index (χ4v) is 4.39. The zero-order valence-electron chi connectivity index (χ0n) is 17.1. The van der Waals surface area contributed by atoms with Crippen LogP contribution in [-0.4, -0.2) is 30.1 Å². The Morgan fingerprint density at radius 1 is 1.03 bits per heavy atom.